The molecule has 1 unspecified atom stereocenters. The Morgan fingerprint density at radius 1 is 1.73 bits per heavy atom. The SMILES string of the molecule is CC(=O)CCN1CCC(N)C1. The number of likely N-dealkylation sites (tertiary alicyclic amines) is 1. The van der Waals surface area contributed by atoms with Crippen LogP contribution in [0.5, 0.6) is 0 Å². The highest BCUT2D eigenvalue weighted by Crippen LogP contribution is 2.06. The lowest BCUT2D eigenvalue weighted by Crippen LogP contribution is -2.28. The van der Waals surface area contributed by atoms with Gasteiger partial charge in [0, 0.05) is 25.6 Å². The molecule has 0 aliphatic carbocycles. The number of ketones is 1. The van der Waals surface area contributed by atoms with E-state index < -0.39 is 0 Å². The van der Waals surface area contributed by atoms with Gasteiger partial charge < -0.3 is 10.6 Å². The first-order valence-corrected chi connectivity index (χ1v) is 4.16. The topological polar surface area (TPSA) is 46.3 Å². The first-order chi connectivity index (χ1) is 5.18. The van der Waals surface area contributed by atoms with Crippen molar-refractivity contribution in [2.24, 2.45) is 5.73 Å². The molecule has 0 bridgehead atoms. The molecule has 1 heterocycles. The second-order valence-electron chi connectivity index (χ2n) is 3.30. The fourth-order valence-corrected chi connectivity index (χ4v) is 1.38. The van der Waals surface area contributed by atoms with E-state index in [2.05, 4.69) is 4.90 Å². The molecule has 0 spiro atoms. The van der Waals surface area contributed by atoms with E-state index in [1.807, 2.05) is 0 Å². The van der Waals surface area contributed by atoms with E-state index in [1.165, 1.54) is 0 Å². The zero-order valence-electron chi connectivity index (χ0n) is 7.05. The number of Topliss-reactive ketones (excluding diaryl/α,β-unsaturated/α-hetero) is 1. The van der Waals surface area contributed by atoms with Crippen LogP contribution in [0.15, 0.2) is 0 Å². The highest BCUT2D eigenvalue weighted by molar-refractivity contribution is 5.75. The number of nitrogens with two attached hydrogens (primary N) is 1. The van der Waals surface area contributed by atoms with Crippen molar-refractivity contribution in [2.75, 3.05) is 19.6 Å². The molecular weight excluding hydrogens is 140 g/mol. The maximum absolute atomic E-state index is 10.6. The minimum atomic E-state index is 0.269. The summed E-state index contributed by atoms with van der Waals surface area (Å²) in [6.07, 6.45) is 1.75. The predicted octanol–water partition coefficient (Wildman–Crippen LogP) is -0.00150. The summed E-state index contributed by atoms with van der Waals surface area (Å²) < 4.78 is 0. The normalized spacial score (nSPS) is 25.8. The second-order valence-corrected chi connectivity index (χ2v) is 3.30. The maximum Gasteiger partial charge on any atom is 0.131 e. The van der Waals surface area contributed by atoms with Crippen LogP contribution in [0.4, 0.5) is 0 Å². The molecule has 1 saturated heterocycles. The van der Waals surface area contributed by atoms with Crippen LogP contribution in [-0.2, 0) is 4.79 Å². The van der Waals surface area contributed by atoms with Gasteiger partial charge >= 0.3 is 0 Å². The summed E-state index contributed by atoms with van der Waals surface area (Å²) >= 11 is 0. The Labute approximate surface area is 67.5 Å². The Bertz CT molecular complexity index is 147. The van der Waals surface area contributed by atoms with Crippen molar-refractivity contribution in [2.45, 2.75) is 25.8 Å². The first-order valence-electron chi connectivity index (χ1n) is 4.16. The van der Waals surface area contributed by atoms with Crippen molar-refractivity contribution in [1.82, 2.24) is 4.90 Å². The van der Waals surface area contributed by atoms with Gasteiger partial charge in [-0.25, -0.2) is 0 Å². The lowest BCUT2D eigenvalue weighted by Gasteiger charge is -2.12. The monoisotopic (exact) mass is 156 g/mol. The van der Waals surface area contributed by atoms with Crippen molar-refractivity contribution >= 4 is 5.78 Å². The summed E-state index contributed by atoms with van der Waals surface area (Å²) in [5.74, 6) is 0.269. The van der Waals surface area contributed by atoms with Crippen molar-refractivity contribution in [3.05, 3.63) is 0 Å². The van der Waals surface area contributed by atoms with Gasteiger partial charge in [-0.15, -0.1) is 0 Å². The smallest absolute Gasteiger partial charge is 0.131 e. The third kappa shape index (κ3) is 2.99. The molecule has 0 amide bonds. The lowest BCUT2D eigenvalue weighted by atomic mass is 10.3. The molecule has 0 radical (unpaired) electrons. The molecule has 0 aromatic rings. The van der Waals surface area contributed by atoms with E-state index in [1.54, 1.807) is 6.92 Å². The summed E-state index contributed by atoms with van der Waals surface area (Å²) in [7, 11) is 0. The largest absolute Gasteiger partial charge is 0.326 e. The van der Waals surface area contributed by atoms with Gasteiger partial charge in [-0.2, -0.15) is 0 Å². The maximum atomic E-state index is 10.6. The molecule has 64 valence electrons. The fourth-order valence-electron chi connectivity index (χ4n) is 1.38. The zero-order valence-corrected chi connectivity index (χ0v) is 7.05. The number of carbonyl (C=O) groups is 1. The van der Waals surface area contributed by atoms with E-state index in [0.29, 0.717) is 12.5 Å². The Balaban J connectivity index is 2.13. The van der Waals surface area contributed by atoms with Crippen LogP contribution in [-0.4, -0.2) is 36.4 Å². The third-order valence-corrected chi connectivity index (χ3v) is 2.09. The summed E-state index contributed by atoms with van der Waals surface area (Å²) in [4.78, 5) is 12.9. The minimum Gasteiger partial charge on any atom is -0.326 e. The van der Waals surface area contributed by atoms with Crippen LogP contribution >= 0.6 is 0 Å². The average Bonchev–Trinajstić information content (AvgIpc) is 2.31. The lowest BCUT2D eigenvalue weighted by molar-refractivity contribution is -0.117. The number of hydrogen-bond donors (Lipinski definition) is 1. The Hall–Kier alpha value is -0.410. The molecule has 0 aromatic heterocycles. The molecule has 0 aromatic carbocycles. The quantitative estimate of drug-likeness (QED) is 0.625. The molecule has 1 aliphatic rings. The molecule has 11 heavy (non-hydrogen) atoms. The van der Waals surface area contributed by atoms with Crippen LogP contribution in [0, 0.1) is 0 Å². The molecule has 3 nitrogen and oxygen atoms in total. The van der Waals surface area contributed by atoms with E-state index in [-0.39, 0.29) is 5.78 Å². The van der Waals surface area contributed by atoms with E-state index >= 15 is 0 Å². The van der Waals surface area contributed by atoms with Gasteiger partial charge in [0.2, 0.25) is 0 Å². The second kappa shape index (κ2) is 3.83. The summed E-state index contributed by atoms with van der Waals surface area (Å²) in [6, 6.07) is 0.335. The van der Waals surface area contributed by atoms with Gasteiger partial charge in [-0.05, 0) is 19.9 Å². The number of hydrogen-bond acceptors (Lipinski definition) is 3. The van der Waals surface area contributed by atoms with Crippen LogP contribution in [0.25, 0.3) is 0 Å². The summed E-state index contributed by atoms with van der Waals surface area (Å²) in [6.45, 7) is 4.56. The number of nitrogens with zero attached hydrogens (tertiary/aromatic N) is 1. The Kier molecular flexibility index (Phi) is 3.02. The van der Waals surface area contributed by atoms with Gasteiger partial charge in [-0.3, -0.25) is 4.79 Å². The van der Waals surface area contributed by atoms with Crippen LogP contribution in [0.2, 0.25) is 0 Å². The molecular formula is C8H16N2O. The Morgan fingerprint density at radius 2 is 2.45 bits per heavy atom. The molecule has 1 aliphatic heterocycles. The van der Waals surface area contributed by atoms with Crippen molar-refractivity contribution in [3.63, 3.8) is 0 Å². The van der Waals surface area contributed by atoms with Crippen molar-refractivity contribution in [1.29, 1.82) is 0 Å². The van der Waals surface area contributed by atoms with Crippen LogP contribution < -0.4 is 5.73 Å². The molecule has 2 N–H and O–H groups in total. The Morgan fingerprint density at radius 3 is 2.91 bits per heavy atom. The van der Waals surface area contributed by atoms with E-state index in [0.717, 1.165) is 26.1 Å². The molecule has 1 atom stereocenters. The standard InChI is InChI=1S/C8H16N2O/c1-7(11)2-4-10-5-3-8(9)6-10/h8H,2-6,9H2,1H3. The zero-order chi connectivity index (χ0) is 8.27. The summed E-state index contributed by atoms with van der Waals surface area (Å²) in [5, 5.41) is 0. The predicted molar refractivity (Wildman–Crippen MR) is 44.3 cm³/mol. The van der Waals surface area contributed by atoms with Gasteiger partial charge in [0.15, 0.2) is 0 Å². The molecule has 3 heteroatoms. The van der Waals surface area contributed by atoms with Crippen molar-refractivity contribution in [3.8, 4) is 0 Å². The fraction of sp³-hybridized carbons (Fsp3) is 0.875. The van der Waals surface area contributed by atoms with Gasteiger partial charge in [0.1, 0.15) is 5.78 Å². The van der Waals surface area contributed by atoms with Crippen LogP contribution in [0.1, 0.15) is 19.8 Å². The van der Waals surface area contributed by atoms with E-state index in [4.69, 9.17) is 5.73 Å². The van der Waals surface area contributed by atoms with Gasteiger partial charge in [-0.1, -0.05) is 0 Å². The highest BCUT2D eigenvalue weighted by atomic mass is 16.1. The number of rotatable bonds is 3. The van der Waals surface area contributed by atoms with Crippen LogP contribution in [0.3, 0.4) is 0 Å². The minimum absolute atomic E-state index is 0.269. The average molecular weight is 156 g/mol. The third-order valence-electron chi connectivity index (χ3n) is 2.09. The van der Waals surface area contributed by atoms with Crippen molar-refractivity contribution < 1.29 is 4.79 Å². The van der Waals surface area contributed by atoms with Gasteiger partial charge in [0.05, 0.1) is 0 Å². The summed E-state index contributed by atoms with van der Waals surface area (Å²) in [5.41, 5.74) is 5.70. The molecule has 1 rings (SSSR count). The highest BCUT2D eigenvalue weighted by Gasteiger charge is 2.18. The number of carbonyl (C=O) groups excluding carboxylic acids is 1. The van der Waals surface area contributed by atoms with Gasteiger partial charge in [0.25, 0.3) is 0 Å². The first kappa shape index (κ1) is 8.68. The molecule has 1 fully saturated rings. The molecule has 0 saturated carbocycles. The van der Waals surface area contributed by atoms with E-state index in [9.17, 15) is 4.79 Å².